The maximum atomic E-state index is 5.58. The average Bonchev–Trinajstić information content (AvgIpc) is 3.22. The standard InChI is InChI=1S/C19H16BrNO2/c20-15-9-18-17(22-10-23-18)8-14(15)19-13-6-3-5-11(13)12-4-1-2-7-16(12)21-19/h1-5,7-9,11,13,19,21H,6,10H2/t11-,13-,19?/m0/s1. The van der Waals surface area contributed by atoms with Crippen LogP contribution in [0.25, 0.3) is 0 Å². The highest BCUT2D eigenvalue weighted by molar-refractivity contribution is 9.10. The van der Waals surface area contributed by atoms with Gasteiger partial charge in [0.15, 0.2) is 11.5 Å². The fourth-order valence-corrected chi connectivity index (χ4v) is 4.59. The molecule has 0 bridgehead atoms. The van der Waals surface area contributed by atoms with Gasteiger partial charge in [-0.15, -0.1) is 0 Å². The molecule has 1 unspecified atom stereocenters. The molecule has 4 heteroatoms. The maximum Gasteiger partial charge on any atom is 0.231 e. The summed E-state index contributed by atoms with van der Waals surface area (Å²) in [7, 11) is 0. The molecule has 2 heterocycles. The van der Waals surface area contributed by atoms with Gasteiger partial charge in [-0.1, -0.05) is 46.3 Å². The number of hydrogen-bond donors (Lipinski definition) is 1. The molecule has 2 aromatic carbocycles. The van der Waals surface area contributed by atoms with E-state index in [1.807, 2.05) is 6.07 Å². The molecule has 5 rings (SSSR count). The van der Waals surface area contributed by atoms with Gasteiger partial charge in [0.1, 0.15) is 0 Å². The van der Waals surface area contributed by atoms with Gasteiger partial charge in [-0.05, 0) is 41.7 Å². The molecule has 1 aliphatic carbocycles. The third-order valence-electron chi connectivity index (χ3n) is 5.10. The summed E-state index contributed by atoms with van der Waals surface area (Å²) in [6, 6.07) is 13.0. The third-order valence-corrected chi connectivity index (χ3v) is 5.79. The Hall–Kier alpha value is -1.94. The smallest absolute Gasteiger partial charge is 0.231 e. The van der Waals surface area contributed by atoms with Crippen LogP contribution in [0.2, 0.25) is 0 Å². The summed E-state index contributed by atoms with van der Waals surface area (Å²) >= 11 is 3.73. The van der Waals surface area contributed by atoms with E-state index < -0.39 is 0 Å². The summed E-state index contributed by atoms with van der Waals surface area (Å²) < 4.78 is 12.1. The summed E-state index contributed by atoms with van der Waals surface area (Å²) in [5.41, 5.74) is 3.87. The van der Waals surface area contributed by atoms with E-state index in [-0.39, 0.29) is 6.04 Å². The quantitative estimate of drug-likeness (QED) is 0.717. The molecule has 0 saturated heterocycles. The van der Waals surface area contributed by atoms with Gasteiger partial charge in [-0.3, -0.25) is 0 Å². The number of hydrogen-bond acceptors (Lipinski definition) is 3. The number of benzene rings is 2. The van der Waals surface area contributed by atoms with Crippen molar-refractivity contribution in [1.82, 2.24) is 0 Å². The third kappa shape index (κ3) is 2.01. The number of fused-ring (bicyclic) bond motifs is 4. The number of allylic oxidation sites excluding steroid dienone is 2. The monoisotopic (exact) mass is 369 g/mol. The Balaban J connectivity index is 1.62. The second-order valence-corrected chi connectivity index (χ2v) is 7.14. The van der Waals surface area contributed by atoms with Gasteiger partial charge in [0.25, 0.3) is 0 Å². The van der Waals surface area contributed by atoms with Gasteiger partial charge in [-0.2, -0.15) is 0 Å². The summed E-state index contributed by atoms with van der Waals surface area (Å²) in [5, 5.41) is 3.75. The van der Waals surface area contributed by atoms with Crippen LogP contribution in [0.4, 0.5) is 5.69 Å². The average molecular weight is 370 g/mol. The molecule has 2 aliphatic heterocycles. The first-order valence-corrected chi connectivity index (χ1v) is 8.72. The van der Waals surface area contributed by atoms with Crippen molar-refractivity contribution < 1.29 is 9.47 Å². The van der Waals surface area contributed by atoms with Gasteiger partial charge in [0.05, 0.1) is 6.04 Å². The highest BCUT2D eigenvalue weighted by Gasteiger charge is 2.38. The lowest BCUT2D eigenvalue weighted by molar-refractivity contribution is 0.174. The van der Waals surface area contributed by atoms with E-state index in [4.69, 9.17) is 9.47 Å². The van der Waals surface area contributed by atoms with Crippen LogP contribution in [-0.4, -0.2) is 6.79 Å². The molecular weight excluding hydrogens is 354 g/mol. The highest BCUT2D eigenvalue weighted by Crippen LogP contribution is 2.52. The highest BCUT2D eigenvalue weighted by atomic mass is 79.9. The largest absolute Gasteiger partial charge is 0.454 e. The summed E-state index contributed by atoms with van der Waals surface area (Å²) in [5.74, 6) is 2.67. The van der Waals surface area contributed by atoms with Crippen LogP contribution in [0.1, 0.15) is 29.5 Å². The molecule has 0 saturated carbocycles. The van der Waals surface area contributed by atoms with Crippen LogP contribution in [0.15, 0.2) is 53.0 Å². The Kier molecular flexibility index (Phi) is 2.95. The van der Waals surface area contributed by atoms with Crippen LogP contribution >= 0.6 is 15.9 Å². The Bertz CT molecular complexity index is 817. The van der Waals surface area contributed by atoms with E-state index in [1.165, 1.54) is 16.8 Å². The van der Waals surface area contributed by atoms with E-state index in [9.17, 15) is 0 Å². The molecular formula is C19H16BrNO2. The van der Waals surface area contributed by atoms with E-state index in [0.29, 0.717) is 18.6 Å². The minimum Gasteiger partial charge on any atom is -0.454 e. The fourth-order valence-electron chi connectivity index (χ4n) is 4.02. The fraction of sp³-hybridized carbons (Fsp3) is 0.263. The molecule has 0 spiro atoms. The van der Waals surface area contributed by atoms with Crippen LogP contribution in [0, 0.1) is 5.92 Å². The second-order valence-electron chi connectivity index (χ2n) is 6.29. The van der Waals surface area contributed by atoms with Crippen molar-refractivity contribution in [3.8, 4) is 11.5 Å². The van der Waals surface area contributed by atoms with Gasteiger partial charge in [-0.25, -0.2) is 0 Å². The van der Waals surface area contributed by atoms with Gasteiger partial charge in [0, 0.05) is 16.1 Å². The number of anilines is 1. The van der Waals surface area contributed by atoms with Crippen LogP contribution < -0.4 is 14.8 Å². The van der Waals surface area contributed by atoms with Crippen molar-refractivity contribution in [2.75, 3.05) is 12.1 Å². The zero-order chi connectivity index (χ0) is 15.4. The molecule has 3 nitrogen and oxygen atoms in total. The molecule has 23 heavy (non-hydrogen) atoms. The van der Waals surface area contributed by atoms with E-state index in [0.717, 1.165) is 22.4 Å². The van der Waals surface area contributed by atoms with Crippen LogP contribution in [-0.2, 0) is 0 Å². The zero-order valence-corrected chi connectivity index (χ0v) is 14.0. The van der Waals surface area contributed by atoms with Crippen LogP contribution in [0.3, 0.4) is 0 Å². The Morgan fingerprint density at radius 2 is 1.87 bits per heavy atom. The first kappa shape index (κ1) is 13.5. The Labute approximate surface area is 143 Å². The molecule has 0 aromatic heterocycles. The summed E-state index contributed by atoms with van der Waals surface area (Å²) in [6.07, 6.45) is 5.77. The van der Waals surface area contributed by atoms with Crippen molar-refractivity contribution in [2.45, 2.75) is 18.4 Å². The minimum atomic E-state index is 0.258. The molecule has 1 N–H and O–H groups in total. The lowest BCUT2D eigenvalue weighted by atomic mass is 9.77. The number of ether oxygens (including phenoxy) is 2. The molecule has 0 amide bonds. The van der Waals surface area contributed by atoms with Crippen molar-refractivity contribution in [2.24, 2.45) is 5.92 Å². The first-order valence-electron chi connectivity index (χ1n) is 7.92. The Morgan fingerprint density at radius 3 is 2.78 bits per heavy atom. The predicted octanol–water partition coefficient (Wildman–Crippen LogP) is 5.00. The number of nitrogens with one attached hydrogen (secondary N) is 1. The van der Waals surface area contributed by atoms with Crippen molar-refractivity contribution >= 4 is 21.6 Å². The van der Waals surface area contributed by atoms with Crippen molar-refractivity contribution in [3.05, 3.63) is 64.1 Å². The molecule has 116 valence electrons. The Morgan fingerprint density at radius 1 is 1.04 bits per heavy atom. The lowest BCUT2D eigenvalue weighted by Gasteiger charge is -2.38. The van der Waals surface area contributed by atoms with Crippen molar-refractivity contribution in [3.63, 3.8) is 0 Å². The van der Waals surface area contributed by atoms with Gasteiger partial charge < -0.3 is 14.8 Å². The zero-order valence-electron chi connectivity index (χ0n) is 12.5. The number of rotatable bonds is 1. The van der Waals surface area contributed by atoms with Crippen LogP contribution in [0.5, 0.6) is 11.5 Å². The predicted molar refractivity (Wildman–Crippen MR) is 93.1 cm³/mol. The minimum absolute atomic E-state index is 0.258. The molecule has 0 radical (unpaired) electrons. The topological polar surface area (TPSA) is 30.5 Å². The normalized spacial score (nSPS) is 26.6. The van der Waals surface area contributed by atoms with E-state index in [1.54, 1.807) is 0 Å². The van der Waals surface area contributed by atoms with E-state index >= 15 is 0 Å². The summed E-state index contributed by atoms with van der Waals surface area (Å²) in [4.78, 5) is 0. The SMILES string of the molecule is Brc1cc2c(cc1C1Nc3ccccc3[C@@H]3C=CC[C@H]13)OCO2. The maximum absolute atomic E-state index is 5.58. The molecule has 3 atom stereocenters. The second kappa shape index (κ2) is 5.03. The number of halogens is 1. The summed E-state index contributed by atoms with van der Waals surface area (Å²) in [6.45, 7) is 0.305. The van der Waals surface area contributed by atoms with Gasteiger partial charge in [0.2, 0.25) is 6.79 Å². The van der Waals surface area contributed by atoms with E-state index in [2.05, 4.69) is 63.7 Å². The molecule has 0 fully saturated rings. The number of para-hydroxylation sites is 1. The molecule has 2 aromatic rings. The lowest BCUT2D eigenvalue weighted by Crippen LogP contribution is -2.29. The molecule has 3 aliphatic rings. The van der Waals surface area contributed by atoms with Gasteiger partial charge >= 0.3 is 0 Å². The van der Waals surface area contributed by atoms with Crippen molar-refractivity contribution in [1.29, 1.82) is 0 Å². The first-order chi connectivity index (χ1) is 11.3.